The number of amides is 1. The van der Waals surface area contributed by atoms with E-state index >= 15 is 0 Å². The average molecular weight is 379 g/mol. The van der Waals surface area contributed by atoms with Crippen LogP contribution in [0, 0.1) is 23.2 Å². The molecule has 0 aliphatic heterocycles. The summed E-state index contributed by atoms with van der Waals surface area (Å²) in [6.07, 6.45) is 7.22. The second kappa shape index (κ2) is 7.59. The van der Waals surface area contributed by atoms with Gasteiger partial charge in [0.2, 0.25) is 5.91 Å². The third kappa shape index (κ3) is 3.73. The number of halogens is 1. The van der Waals surface area contributed by atoms with Crippen molar-refractivity contribution >= 4 is 39.8 Å². The van der Waals surface area contributed by atoms with Gasteiger partial charge < -0.3 is 10.4 Å². The second-order valence-electron chi connectivity index (χ2n) is 6.51. The predicted octanol–water partition coefficient (Wildman–Crippen LogP) is 4.06. The van der Waals surface area contributed by atoms with E-state index in [0.29, 0.717) is 15.6 Å². The van der Waals surface area contributed by atoms with Gasteiger partial charge >= 0.3 is 5.97 Å². The van der Waals surface area contributed by atoms with Gasteiger partial charge in [-0.25, -0.2) is 0 Å². The lowest BCUT2D eigenvalue weighted by molar-refractivity contribution is -0.146. The Bertz CT molecular complexity index is 778. The summed E-state index contributed by atoms with van der Waals surface area (Å²) in [6, 6.07) is 2.22. The molecule has 3 rings (SSSR count). The van der Waals surface area contributed by atoms with Crippen LogP contribution in [0.3, 0.4) is 0 Å². The first-order chi connectivity index (χ1) is 12.0. The monoisotopic (exact) mass is 378 g/mol. The normalized spacial score (nSPS) is 23.0. The van der Waals surface area contributed by atoms with E-state index in [1.165, 1.54) is 16.2 Å². The zero-order chi connectivity index (χ0) is 18.0. The van der Waals surface area contributed by atoms with Crippen molar-refractivity contribution in [2.45, 2.75) is 44.9 Å². The molecule has 25 heavy (non-hydrogen) atoms. The molecule has 1 heterocycles. The van der Waals surface area contributed by atoms with Crippen LogP contribution in [0.25, 0.3) is 0 Å². The molecule has 2 atom stereocenters. The molecule has 2 aliphatic rings. The molecule has 0 unspecified atom stereocenters. The number of hydrogen-bond donors (Lipinski definition) is 2. The van der Waals surface area contributed by atoms with Gasteiger partial charge in [0.25, 0.3) is 0 Å². The summed E-state index contributed by atoms with van der Waals surface area (Å²) in [5, 5.41) is 22.8. The molecule has 0 saturated carbocycles. The van der Waals surface area contributed by atoms with Gasteiger partial charge in [-0.05, 0) is 44.1 Å². The Kier molecular flexibility index (Phi) is 5.45. The number of nitrogens with zero attached hydrogens (tertiary/aromatic N) is 1. The van der Waals surface area contributed by atoms with E-state index in [-0.39, 0.29) is 18.7 Å². The molecule has 5 nitrogen and oxygen atoms in total. The Morgan fingerprint density at radius 3 is 2.76 bits per heavy atom. The Labute approximate surface area is 155 Å². The Morgan fingerprint density at radius 1 is 1.28 bits per heavy atom. The lowest BCUT2D eigenvalue weighted by atomic mass is 9.82. The molecular formula is C18H19ClN2O3S. The topological polar surface area (TPSA) is 90.2 Å². The van der Waals surface area contributed by atoms with Crippen molar-refractivity contribution in [3.8, 4) is 6.07 Å². The Balaban J connectivity index is 1.84. The summed E-state index contributed by atoms with van der Waals surface area (Å²) in [5.41, 5.74) is 1.59. The fourth-order valence-electron chi connectivity index (χ4n) is 3.56. The highest BCUT2D eigenvalue weighted by Gasteiger charge is 2.36. The standard InChI is InChI=1S/C18H19ClN2O3S/c19-10-6-7-12(18(23)24)13(8-10)16(22)21-17-14(9-20)11-4-2-1-3-5-15(11)25-17/h6,12-13H,1-5,7-8H2,(H,21,22)(H,23,24)/t12-,13+/m0/s1. The number of nitrogens with one attached hydrogen (secondary N) is 1. The van der Waals surface area contributed by atoms with Gasteiger partial charge in [-0.2, -0.15) is 5.26 Å². The van der Waals surface area contributed by atoms with Crippen molar-refractivity contribution in [3.05, 3.63) is 27.1 Å². The van der Waals surface area contributed by atoms with Crippen molar-refractivity contribution in [1.29, 1.82) is 5.26 Å². The summed E-state index contributed by atoms with van der Waals surface area (Å²) in [4.78, 5) is 25.3. The summed E-state index contributed by atoms with van der Waals surface area (Å²) >= 11 is 7.48. The summed E-state index contributed by atoms with van der Waals surface area (Å²) in [7, 11) is 0. The zero-order valence-electron chi connectivity index (χ0n) is 13.7. The molecule has 7 heteroatoms. The molecule has 1 amide bonds. The quantitative estimate of drug-likeness (QED) is 0.776. The van der Waals surface area contributed by atoms with E-state index in [1.54, 1.807) is 6.08 Å². The van der Waals surface area contributed by atoms with E-state index in [9.17, 15) is 20.0 Å². The number of nitriles is 1. The number of aliphatic carboxylic acids is 1. The lowest BCUT2D eigenvalue weighted by Crippen LogP contribution is -2.35. The highest BCUT2D eigenvalue weighted by atomic mass is 35.5. The van der Waals surface area contributed by atoms with Crippen molar-refractivity contribution in [3.63, 3.8) is 0 Å². The number of aryl methyl sites for hydroxylation is 1. The first kappa shape index (κ1) is 18.0. The van der Waals surface area contributed by atoms with Gasteiger partial charge in [0.05, 0.1) is 17.4 Å². The summed E-state index contributed by atoms with van der Waals surface area (Å²) in [6.45, 7) is 0. The van der Waals surface area contributed by atoms with Crippen LogP contribution >= 0.6 is 22.9 Å². The number of rotatable bonds is 3. The van der Waals surface area contributed by atoms with Crippen LogP contribution in [-0.4, -0.2) is 17.0 Å². The molecule has 0 saturated heterocycles. The number of allylic oxidation sites excluding steroid dienone is 2. The number of carboxylic acid groups (broad SMARTS) is 1. The molecule has 132 valence electrons. The van der Waals surface area contributed by atoms with E-state index in [2.05, 4.69) is 11.4 Å². The van der Waals surface area contributed by atoms with Gasteiger partial charge in [-0.1, -0.05) is 24.1 Å². The van der Waals surface area contributed by atoms with E-state index in [1.807, 2.05) is 0 Å². The molecule has 0 radical (unpaired) electrons. The van der Waals surface area contributed by atoms with Gasteiger partial charge in [-0.3, -0.25) is 9.59 Å². The third-order valence-corrected chi connectivity index (χ3v) is 6.43. The van der Waals surface area contributed by atoms with Crippen LogP contribution in [0.5, 0.6) is 0 Å². The number of carboxylic acids is 1. The minimum Gasteiger partial charge on any atom is -0.481 e. The number of hydrogen-bond acceptors (Lipinski definition) is 4. The van der Waals surface area contributed by atoms with E-state index < -0.39 is 17.8 Å². The molecule has 2 N–H and O–H groups in total. The largest absolute Gasteiger partial charge is 0.481 e. The first-order valence-corrected chi connectivity index (χ1v) is 9.63. The first-order valence-electron chi connectivity index (χ1n) is 8.44. The van der Waals surface area contributed by atoms with Gasteiger partial charge in [0.1, 0.15) is 11.1 Å². The Hall–Kier alpha value is -1.84. The number of anilines is 1. The molecule has 1 aromatic heterocycles. The molecule has 0 aromatic carbocycles. The minimum atomic E-state index is -0.997. The smallest absolute Gasteiger partial charge is 0.307 e. The van der Waals surface area contributed by atoms with Crippen molar-refractivity contribution < 1.29 is 14.7 Å². The number of carbonyl (C=O) groups excluding carboxylic acids is 1. The number of carbonyl (C=O) groups is 2. The van der Waals surface area contributed by atoms with E-state index in [0.717, 1.165) is 37.7 Å². The van der Waals surface area contributed by atoms with Gasteiger partial charge in [0, 0.05) is 9.91 Å². The molecule has 0 spiro atoms. The predicted molar refractivity (Wildman–Crippen MR) is 96.7 cm³/mol. The summed E-state index contributed by atoms with van der Waals surface area (Å²) in [5.74, 6) is -2.87. The highest BCUT2D eigenvalue weighted by molar-refractivity contribution is 7.16. The van der Waals surface area contributed by atoms with Crippen LogP contribution in [0.2, 0.25) is 0 Å². The second-order valence-corrected chi connectivity index (χ2v) is 8.10. The number of thiophene rings is 1. The van der Waals surface area contributed by atoms with Crippen LogP contribution < -0.4 is 5.32 Å². The van der Waals surface area contributed by atoms with Crippen LogP contribution in [-0.2, 0) is 22.4 Å². The molecule has 0 bridgehead atoms. The van der Waals surface area contributed by atoms with Crippen molar-refractivity contribution in [2.24, 2.45) is 11.8 Å². The lowest BCUT2D eigenvalue weighted by Gasteiger charge is -2.25. The van der Waals surface area contributed by atoms with Crippen molar-refractivity contribution in [1.82, 2.24) is 0 Å². The maximum absolute atomic E-state index is 12.7. The van der Waals surface area contributed by atoms with Crippen molar-refractivity contribution in [2.75, 3.05) is 5.32 Å². The maximum Gasteiger partial charge on any atom is 0.307 e. The van der Waals surface area contributed by atoms with Crippen LogP contribution in [0.4, 0.5) is 5.00 Å². The SMILES string of the molecule is N#Cc1c(NC(=O)[C@@H]2CC(Cl)=CC[C@@H]2C(=O)O)sc2c1CCCCC2. The third-order valence-electron chi connectivity index (χ3n) is 4.92. The van der Waals surface area contributed by atoms with Gasteiger partial charge in [-0.15, -0.1) is 11.3 Å². The number of fused-ring (bicyclic) bond motifs is 1. The average Bonchev–Trinajstić information content (AvgIpc) is 2.74. The highest BCUT2D eigenvalue weighted by Crippen LogP contribution is 2.38. The molecule has 2 aliphatic carbocycles. The molecular weight excluding hydrogens is 360 g/mol. The fourth-order valence-corrected chi connectivity index (χ4v) is 5.05. The van der Waals surface area contributed by atoms with Crippen LogP contribution in [0.15, 0.2) is 11.1 Å². The zero-order valence-corrected chi connectivity index (χ0v) is 15.3. The fraction of sp³-hybridized carbons (Fsp3) is 0.500. The van der Waals surface area contributed by atoms with Crippen LogP contribution in [0.1, 0.15) is 48.1 Å². The minimum absolute atomic E-state index is 0.220. The van der Waals surface area contributed by atoms with E-state index in [4.69, 9.17) is 11.6 Å². The summed E-state index contributed by atoms with van der Waals surface area (Å²) < 4.78 is 0. The molecule has 0 fully saturated rings. The van der Waals surface area contributed by atoms with Gasteiger partial charge in [0.15, 0.2) is 0 Å². The molecule has 1 aromatic rings. The Morgan fingerprint density at radius 2 is 2.04 bits per heavy atom. The maximum atomic E-state index is 12.7.